The van der Waals surface area contributed by atoms with Gasteiger partial charge in [-0.05, 0) is 43.3 Å². The highest BCUT2D eigenvalue weighted by Crippen LogP contribution is 2.29. The van der Waals surface area contributed by atoms with Crippen molar-refractivity contribution in [3.05, 3.63) is 53.5 Å². The second-order valence-electron chi connectivity index (χ2n) is 4.94. The zero-order valence-electron chi connectivity index (χ0n) is 13.4. The van der Waals surface area contributed by atoms with Crippen molar-refractivity contribution in [2.24, 2.45) is 0 Å². The molecule has 1 heterocycles. The highest BCUT2D eigenvalue weighted by atomic mass is 35.5. The number of rotatable bonds is 7. The molecule has 0 radical (unpaired) electrons. The number of carbonyl (C=O) groups excluding carboxylic acids is 2. The van der Waals surface area contributed by atoms with Gasteiger partial charge in [-0.3, -0.25) is 4.79 Å². The van der Waals surface area contributed by atoms with Crippen LogP contribution in [0.2, 0.25) is 5.02 Å². The predicted molar refractivity (Wildman–Crippen MR) is 90.0 cm³/mol. The van der Waals surface area contributed by atoms with Crippen LogP contribution in [0.25, 0.3) is 6.08 Å². The molecule has 1 unspecified atom stereocenters. The van der Waals surface area contributed by atoms with Crippen LogP contribution in [-0.4, -0.2) is 24.6 Å². The Morgan fingerprint density at radius 1 is 1.31 bits per heavy atom. The summed E-state index contributed by atoms with van der Waals surface area (Å²) in [5.41, 5.74) is 0.232. The first-order valence-electron chi connectivity index (χ1n) is 7.32. The maximum Gasteiger partial charge on any atom is 0.387 e. The molecular weight excluding hydrogens is 372 g/mol. The average Bonchev–Trinajstić information content (AvgIpc) is 3.08. The zero-order chi connectivity index (χ0) is 19.1. The summed E-state index contributed by atoms with van der Waals surface area (Å²) in [6.45, 7) is -1.63. The molecule has 1 aromatic heterocycles. The lowest BCUT2D eigenvalue weighted by atomic mass is 10.2. The van der Waals surface area contributed by atoms with E-state index in [4.69, 9.17) is 20.8 Å². The lowest BCUT2D eigenvalue weighted by Crippen LogP contribution is -2.29. The fraction of sp³-hybridized carbons (Fsp3) is 0.176. The largest absolute Gasteiger partial charge is 0.465 e. The van der Waals surface area contributed by atoms with Crippen LogP contribution in [0.3, 0.4) is 0 Å². The number of anilines is 1. The lowest BCUT2D eigenvalue weighted by Gasteiger charge is -2.13. The van der Waals surface area contributed by atoms with Crippen molar-refractivity contribution in [1.82, 2.24) is 0 Å². The standard InChI is InChI=1S/C17H14ClF2NO5/c1-10(25-15(22)7-5-12-3-2-8-24-12)16(23)21-11-4-6-14(13(18)9-11)26-17(19)20/h2-10,17H,1H3,(H,21,23)/b7-5+. The first-order chi connectivity index (χ1) is 12.3. The van der Waals surface area contributed by atoms with Crippen molar-refractivity contribution >= 4 is 35.2 Å². The van der Waals surface area contributed by atoms with E-state index in [2.05, 4.69) is 10.1 Å². The predicted octanol–water partition coefficient (Wildman–Crippen LogP) is 4.12. The smallest absolute Gasteiger partial charge is 0.387 e. The molecule has 0 bridgehead atoms. The van der Waals surface area contributed by atoms with E-state index in [1.807, 2.05) is 0 Å². The number of hydrogen-bond donors (Lipinski definition) is 1. The zero-order valence-corrected chi connectivity index (χ0v) is 14.2. The molecule has 0 saturated heterocycles. The Kier molecular flexibility index (Phi) is 6.74. The van der Waals surface area contributed by atoms with Gasteiger partial charge in [-0.2, -0.15) is 8.78 Å². The van der Waals surface area contributed by atoms with Gasteiger partial charge >= 0.3 is 12.6 Å². The average molecular weight is 386 g/mol. The number of esters is 1. The second-order valence-corrected chi connectivity index (χ2v) is 5.35. The molecule has 2 aromatic rings. The third-order valence-corrected chi connectivity index (χ3v) is 3.30. The summed E-state index contributed by atoms with van der Waals surface area (Å²) in [6, 6.07) is 7.05. The molecule has 6 nitrogen and oxygen atoms in total. The quantitative estimate of drug-likeness (QED) is 0.573. The Bertz CT molecular complexity index is 792. The Morgan fingerprint density at radius 3 is 2.69 bits per heavy atom. The Balaban J connectivity index is 1.90. The molecule has 0 aliphatic heterocycles. The summed E-state index contributed by atoms with van der Waals surface area (Å²) in [7, 11) is 0. The van der Waals surface area contributed by atoms with E-state index in [0.29, 0.717) is 5.76 Å². The highest BCUT2D eigenvalue weighted by Gasteiger charge is 2.17. The summed E-state index contributed by atoms with van der Waals surface area (Å²) in [6.07, 6.45) is 2.87. The monoisotopic (exact) mass is 385 g/mol. The summed E-state index contributed by atoms with van der Waals surface area (Å²) >= 11 is 5.80. The van der Waals surface area contributed by atoms with Crippen molar-refractivity contribution in [1.29, 1.82) is 0 Å². The van der Waals surface area contributed by atoms with Gasteiger partial charge in [0.05, 0.1) is 11.3 Å². The molecular formula is C17H14ClF2NO5. The van der Waals surface area contributed by atoms with Crippen molar-refractivity contribution in [2.45, 2.75) is 19.6 Å². The van der Waals surface area contributed by atoms with E-state index in [-0.39, 0.29) is 16.5 Å². The van der Waals surface area contributed by atoms with Gasteiger partial charge in [0.15, 0.2) is 6.10 Å². The molecule has 9 heteroatoms. The fourth-order valence-electron chi connectivity index (χ4n) is 1.82. The minimum atomic E-state index is -3.01. The third kappa shape index (κ3) is 5.89. The normalized spacial score (nSPS) is 12.2. The molecule has 1 aromatic carbocycles. The second kappa shape index (κ2) is 9.00. The minimum absolute atomic E-state index is 0.103. The van der Waals surface area contributed by atoms with Crippen LogP contribution in [0.4, 0.5) is 14.5 Å². The molecule has 2 rings (SSSR count). The van der Waals surface area contributed by atoms with Crippen LogP contribution in [-0.2, 0) is 14.3 Å². The summed E-state index contributed by atoms with van der Waals surface area (Å²) < 4.78 is 38.5. The number of nitrogens with one attached hydrogen (secondary N) is 1. The van der Waals surface area contributed by atoms with Crippen molar-refractivity contribution in [3.63, 3.8) is 0 Å². The number of carbonyl (C=O) groups is 2. The van der Waals surface area contributed by atoms with Crippen molar-refractivity contribution in [3.8, 4) is 5.75 Å². The van der Waals surface area contributed by atoms with Gasteiger partial charge in [0.25, 0.3) is 5.91 Å². The van der Waals surface area contributed by atoms with Crippen molar-refractivity contribution < 1.29 is 32.3 Å². The molecule has 1 amide bonds. The molecule has 26 heavy (non-hydrogen) atoms. The highest BCUT2D eigenvalue weighted by molar-refractivity contribution is 6.32. The van der Waals surface area contributed by atoms with Crippen LogP contribution < -0.4 is 10.1 Å². The van der Waals surface area contributed by atoms with Crippen LogP contribution in [0.1, 0.15) is 12.7 Å². The molecule has 0 saturated carbocycles. The first kappa shape index (κ1) is 19.5. The Labute approximate surface area is 152 Å². The van der Waals surface area contributed by atoms with Crippen molar-refractivity contribution in [2.75, 3.05) is 5.32 Å². The van der Waals surface area contributed by atoms with Crippen LogP contribution in [0, 0.1) is 0 Å². The van der Waals surface area contributed by atoms with E-state index in [9.17, 15) is 18.4 Å². The molecule has 1 N–H and O–H groups in total. The van der Waals surface area contributed by atoms with E-state index >= 15 is 0 Å². The van der Waals surface area contributed by atoms with E-state index in [1.165, 1.54) is 37.5 Å². The van der Waals surface area contributed by atoms with E-state index < -0.39 is 24.6 Å². The SMILES string of the molecule is CC(OC(=O)/C=C/c1ccco1)C(=O)Nc1ccc(OC(F)F)c(Cl)c1. The van der Waals surface area contributed by atoms with E-state index in [1.54, 1.807) is 12.1 Å². The maximum absolute atomic E-state index is 12.2. The Morgan fingerprint density at radius 2 is 2.08 bits per heavy atom. The summed E-state index contributed by atoms with van der Waals surface area (Å²) in [4.78, 5) is 23.7. The van der Waals surface area contributed by atoms with Gasteiger partial charge in [0.1, 0.15) is 11.5 Å². The number of furan rings is 1. The molecule has 0 aliphatic carbocycles. The van der Waals surface area contributed by atoms with Gasteiger partial charge in [0.2, 0.25) is 0 Å². The number of benzene rings is 1. The van der Waals surface area contributed by atoms with Gasteiger partial charge in [-0.25, -0.2) is 4.79 Å². The molecule has 0 fully saturated rings. The number of halogens is 3. The number of ether oxygens (including phenoxy) is 2. The van der Waals surface area contributed by atoms with E-state index in [0.717, 1.165) is 6.08 Å². The number of alkyl halides is 2. The van der Waals surface area contributed by atoms with Gasteiger partial charge < -0.3 is 19.2 Å². The van der Waals surface area contributed by atoms with Crippen LogP contribution in [0.15, 0.2) is 47.1 Å². The van der Waals surface area contributed by atoms with Gasteiger partial charge in [-0.1, -0.05) is 11.6 Å². The molecule has 1 atom stereocenters. The third-order valence-electron chi connectivity index (χ3n) is 3.00. The lowest BCUT2D eigenvalue weighted by molar-refractivity contribution is -0.148. The van der Waals surface area contributed by atoms with Crippen LogP contribution >= 0.6 is 11.6 Å². The minimum Gasteiger partial charge on any atom is -0.465 e. The molecule has 0 aliphatic rings. The topological polar surface area (TPSA) is 77.8 Å². The fourth-order valence-corrected chi connectivity index (χ4v) is 2.04. The van der Waals surface area contributed by atoms with Gasteiger partial charge in [-0.15, -0.1) is 0 Å². The summed E-state index contributed by atoms with van der Waals surface area (Å²) in [5, 5.41) is 2.35. The van der Waals surface area contributed by atoms with Crippen LogP contribution in [0.5, 0.6) is 5.75 Å². The molecule has 138 valence electrons. The Hall–Kier alpha value is -2.87. The number of amides is 1. The maximum atomic E-state index is 12.2. The van der Waals surface area contributed by atoms with Gasteiger partial charge in [0, 0.05) is 11.8 Å². The first-order valence-corrected chi connectivity index (χ1v) is 7.70. The number of hydrogen-bond acceptors (Lipinski definition) is 5. The summed E-state index contributed by atoms with van der Waals surface area (Å²) in [5.74, 6) is -1.12. The molecule has 0 spiro atoms.